The number of nitrogens with zero attached hydrogens (tertiary/aromatic N) is 4. The standard InChI is InChI=1S/C8H19N3.C8H11NO.C7H18N2O.C7H16N2.C7H17N.C6H15N.C5H11N.C5H13N.C4H12N2.C4H11NO.C4H11N/c1-10-5-7-11(8-6-10)4-2-3-9;9-6-7-10-8-4-2-1-3-5-8;1-2-4-9(5-3-8)6-7-10;8-4-7-9-5-2-1-3-6-9;1-2-3-4-5-6-7-8;1-2-3-4-5-6-7;1-2-4-6-5-3-1;1-2-3-4-5-6;2*1-2-4(6)3-5;1-2-3-4-5/h2-9H2,1H3;1-5H,6-7,9H2;10H,2-8H2,1H3;1-8H2;2-8H2,1H3;2-7H2,1H3;6H,1-5H2;2-6H2,1H3;4H,2-3,5-6H2,1H3;4,6H,2-3,5H2,1H3;2-5H2,1H3. The molecule has 0 aromatic heterocycles. The van der Waals surface area contributed by atoms with E-state index in [0.717, 1.165) is 96.9 Å². The molecule has 25 N–H and O–H groups in total. The van der Waals surface area contributed by atoms with Crippen LogP contribution >= 0.6 is 0 Å². The Morgan fingerprint density at radius 3 is 1.29 bits per heavy atom. The van der Waals surface area contributed by atoms with Gasteiger partial charge in [-0.15, -0.1) is 0 Å². The maximum Gasteiger partial charge on any atom is 0.119 e. The third-order valence-corrected chi connectivity index (χ3v) is 13.2. The van der Waals surface area contributed by atoms with Gasteiger partial charge in [0.2, 0.25) is 0 Å². The molecule has 512 valence electrons. The zero-order chi connectivity index (χ0) is 64.6. The highest BCUT2D eigenvalue weighted by atomic mass is 16.5. The van der Waals surface area contributed by atoms with Crippen LogP contribution in [0.2, 0.25) is 0 Å². The van der Waals surface area contributed by atoms with Crippen LogP contribution in [0.3, 0.4) is 0 Å². The number of hydrogen-bond donors (Lipinski definition) is 14. The number of piperazine rings is 1. The molecule has 3 aliphatic rings. The van der Waals surface area contributed by atoms with Crippen molar-refractivity contribution in [2.24, 2.45) is 63.1 Å². The predicted molar refractivity (Wildman–Crippen MR) is 374 cm³/mol. The average molecular weight is 1210 g/mol. The van der Waals surface area contributed by atoms with E-state index in [1.165, 1.54) is 187 Å². The maximum atomic E-state index is 8.61. The zero-order valence-electron chi connectivity index (χ0n) is 57.1. The first-order valence-corrected chi connectivity index (χ1v) is 34.1. The Hall–Kier alpha value is -1.70. The predicted octanol–water partition coefficient (Wildman–Crippen LogP) is 6.17. The number of hydrogen-bond acceptors (Lipinski definition) is 19. The number of benzene rings is 1. The van der Waals surface area contributed by atoms with Crippen molar-refractivity contribution in [1.82, 2.24) is 24.9 Å². The van der Waals surface area contributed by atoms with Crippen molar-refractivity contribution in [2.45, 2.75) is 215 Å². The van der Waals surface area contributed by atoms with Crippen molar-refractivity contribution in [3.8, 4) is 5.75 Å². The Morgan fingerprint density at radius 2 is 0.952 bits per heavy atom. The first kappa shape index (κ1) is 95.9. The van der Waals surface area contributed by atoms with Crippen molar-refractivity contribution in [2.75, 3.05) is 171 Å². The summed E-state index contributed by atoms with van der Waals surface area (Å²) in [4.78, 5) is 9.48. The number of likely N-dealkylation sites (N-methyl/N-ethyl adjacent to an activating group) is 1. The Bertz CT molecular complexity index is 1100. The van der Waals surface area contributed by atoms with Gasteiger partial charge in [0.05, 0.1) is 12.7 Å². The van der Waals surface area contributed by atoms with Crippen LogP contribution in [0.25, 0.3) is 0 Å². The summed E-state index contributed by atoms with van der Waals surface area (Å²) in [6, 6.07) is 9.86. The molecular formula is C65H154N16O3. The fourth-order valence-electron chi connectivity index (χ4n) is 7.47. The number of aliphatic hydroxyl groups is 2. The van der Waals surface area contributed by atoms with Crippen LogP contribution in [0.15, 0.2) is 30.3 Å². The van der Waals surface area contributed by atoms with Crippen LogP contribution in [0.1, 0.15) is 203 Å². The minimum Gasteiger partial charge on any atom is -0.492 e. The molecule has 3 heterocycles. The van der Waals surface area contributed by atoms with Crippen molar-refractivity contribution < 1.29 is 14.9 Å². The quantitative estimate of drug-likeness (QED) is 0.0359. The number of para-hydroxylation sites is 1. The number of likely N-dealkylation sites (tertiary alicyclic amines) is 1. The average Bonchev–Trinajstić information content (AvgIpc) is 3.55. The largest absolute Gasteiger partial charge is 0.492 e. The summed E-state index contributed by atoms with van der Waals surface area (Å²) >= 11 is 0. The van der Waals surface area contributed by atoms with Crippen LogP contribution in [0.5, 0.6) is 5.75 Å². The third-order valence-electron chi connectivity index (χ3n) is 13.2. The van der Waals surface area contributed by atoms with E-state index in [2.05, 4.69) is 66.6 Å². The normalized spacial score (nSPS) is 14.4. The molecular weight excluding hydrogens is 1050 g/mol. The van der Waals surface area contributed by atoms with Gasteiger partial charge in [-0.3, -0.25) is 4.90 Å². The molecule has 1 aromatic rings. The lowest BCUT2D eigenvalue weighted by Crippen LogP contribution is -2.44. The molecule has 2 atom stereocenters. The van der Waals surface area contributed by atoms with E-state index >= 15 is 0 Å². The van der Waals surface area contributed by atoms with Gasteiger partial charge >= 0.3 is 0 Å². The lowest BCUT2D eigenvalue weighted by molar-refractivity contribution is 0.153. The molecule has 3 fully saturated rings. The molecule has 19 heteroatoms. The van der Waals surface area contributed by atoms with Crippen LogP contribution in [-0.2, 0) is 0 Å². The lowest BCUT2D eigenvalue weighted by atomic mass is 10.1. The first-order valence-electron chi connectivity index (χ1n) is 34.1. The van der Waals surface area contributed by atoms with Gasteiger partial charge in [0, 0.05) is 84.6 Å². The van der Waals surface area contributed by atoms with E-state index in [9.17, 15) is 0 Å². The Balaban J connectivity index is -0.000000157. The van der Waals surface area contributed by atoms with Gasteiger partial charge < -0.3 is 98.0 Å². The van der Waals surface area contributed by atoms with E-state index in [0.29, 0.717) is 32.8 Å². The second kappa shape index (κ2) is 92.5. The summed E-state index contributed by atoms with van der Waals surface area (Å²) in [6.45, 7) is 37.8. The second-order valence-electron chi connectivity index (χ2n) is 21.5. The summed E-state index contributed by atoms with van der Waals surface area (Å²) in [5.41, 5.74) is 57.9. The summed E-state index contributed by atoms with van der Waals surface area (Å²) in [5, 5.41) is 20.4. The van der Waals surface area contributed by atoms with E-state index < -0.39 is 0 Å². The number of rotatable bonds is 32. The fraction of sp³-hybridized carbons (Fsp3) is 0.908. The summed E-state index contributed by atoms with van der Waals surface area (Å²) < 4.78 is 5.23. The van der Waals surface area contributed by atoms with Crippen LogP contribution in [0, 0.1) is 0 Å². The zero-order valence-corrected chi connectivity index (χ0v) is 57.1. The summed E-state index contributed by atoms with van der Waals surface area (Å²) in [7, 11) is 2.18. The van der Waals surface area contributed by atoms with Gasteiger partial charge in [0.15, 0.2) is 0 Å². The second-order valence-corrected chi connectivity index (χ2v) is 21.5. The SMILES string of the molecule is C1CCNCC1.CCC(N)CN.CCC(O)CN.CCCCCCCN.CCCCCCN.CCCCCN.CCCCN.CCCN(CCN)CCO.CN1CCN(CCCN)CC1.NCCN1CCCCC1.NCCOc1ccccc1. The number of nitrogens with one attached hydrogen (secondary N) is 1. The Kier molecular flexibility index (Phi) is 106. The molecule has 3 aliphatic heterocycles. The fourth-order valence-corrected chi connectivity index (χ4v) is 7.47. The molecule has 1 aromatic carbocycles. The maximum absolute atomic E-state index is 8.61. The van der Waals surface area contributed by atoms with Crippen molar-refractivity contribution in [1.29, 1.82) is 0 Å². The number of unbranched alkanes of at least 4 members (excludes halogenated alkanes) is 10. The van der Waals surface area contributed by atoms with Crippen LogP contribution in [-0.4, -0.2) is 213 Å². The topological polar surface area (TPSA) is 361 Å². The van der Waals surface area contributed by atoms with Gasteiger partial charge in [-0.25, -0.2) is 0 Å². The Labute approximate surface area is 522 Å². The highest BCUT2D eigenvalue weighted by Gasteiger charge is 2.12. The highest BCUT2D eigenvalue weighted by Crippen LogP contribution is 2.08. The smallest absolute Gasteiger partial charge is 0.119 e. The van der Waals surface area contributed by atoms with Gasteiger partial charge in [-0.05, 0) is 168 Å². The molecule has 0 radical (unpaired) electrons. The van der Waals surface area contributed by atoms with Gasteiger partial charge in [0.25, 0.3) is 0 Å². The van der Waals surface area contributed by atoms with Crippen molar-refractivity contribution >= 4 is 0 Å². The van der Waals surface area contributed by atoms with Gasteiger partial charge in [-0.2, -0.15) is 0 Å². The first-order chi connectivity index (χ1) is 40.8. The lowest BCUT2D eigenvalue weighted by Gasteiger charge is -2.32. The molecule has 0 amide bonds. The molecule has 3 saturated heterocycles. The number of nitrogens with two attached hydrogens (primary N) is 11. The number of piperidine rings is 2. The minimum absolute atomic E-state index is 0.213. The molecule has 0 bridgehead atoms. The van der Waals surface area contributed by atoms with E-state index in [4.69, 9.17) is 78.0 Å². The van der Waals surface area contributed by atoms with Gasteiger partial charge in [-0.1, -0.05) is 144 Å². The third kappa shape index (κ3) is 96.6. The van der Waals surface area contributed by atoms with E-state index in [1.54, 1.807) is 0 Å². The summed E-state index contributed by atoms with van der Waals surface area (Å²) in [6.07, 6.45) is 30.0. The van der Waals surface area contributed by atoms with Crippen LogP contribution in [0.4, 0.5) is 0 Å². The summed E-state index contributed by atoms with van der Waals surface area (Å²) in [5.74, 6) is 0.882. The number of aliphatic hydroxyl groups excluding tert-OH is 2. The molecule has 0 saturated carbocycles. The van der Waals surface area contributed by atoms with Gasteiger partial charge in [0.1, 0.15) is 12.4 Å². The molecule has 19 nitrogen and oxygen atoms in total. The molecule has 84 heavy (non-hydrogen) atoms. The van der Waals surface area contributed by atoms with Crippen molar-refractivity contribution in [3.63, 3.8) is 0 Å². The molecule has 0 spiro atoms. The molecule has 2 unspecified atom stereocenters. The van der Waals surface area contributed by atoms with Crippen molar-refractivity contribution in [3.05, 3.63) is 30.3 Å². The molecule has 0 aliphatic carbocycles. The highest BCUT2D eigenvalue weighted by molar-refractivity contribution is 5.20. The monoisotopic (exact) mass is 1210 g/mol. The van der Waals surface area contributed by atoms with E-state index in [1.807, 2.05) is 44.2 Å². The van der Waals surface area contributed by atoms with Crippen LogP contribution < -0.4 is 73.1 Å². The Morgan fingerprint density at radius 1 is 0.476 bits per heavy atom. The molecule has 4 rings (SSSR count). The number of ether oxygens (including phenoxy) is 1. The van der Waals surface area contributed by atoms with E-state index in [-0.39, 0.29) is 18.8 Å². The minimum atomic E-state index is -0.287.